The first-order valence-electron chi connectivity index (χ1n) is 7.45. The molecule has 0 aromatic heterocycles. The van der Waals surface area contributed by atoms with Crippen molar-refractivity contribution in [3.63, 3.8) is 0 Å². The van der Waals surface area contributed by atoms with E-state index in [2.05, 4.69) is 10.6 Å². The smallest absolute Gasteiger partial charge is 0.319 e. The van der Waals surface area contributed by atoms with E-state index in [0.717, 1.165) is 0 Å². The first-order valence-corrected chi connectivity index (χ1v) is 7.45. The molecule has 0 bridgehead atoms. The minimum absolute atomic E-state index is 0.00830. The summed E-state index contributed by atoms with van der Waals surface area (Å²) < 4.78 is 0. The maximum Gasteiger partial charge on any atom is 0.319 e. The third-order valence-electron chi connectivity index (χ3n) is 3.94. The second-order valence-electron chi connectivity index (χ2n) is 5.64. The normalized spacial score (nSPS) is 15.1. The summed E-state index contributed by atoms with van der Waals surface area (Å²) >= 11 is 0. The van der Waals surface area contributed by atoms with Gasteiger partial charge in [-0.2, -0.15) is 0 Å². The Balaban J connectivity index is 1.89. The average molecular weight is 320 g/mol. The van der Waals surface area contributed by atoms with Crippen LogP contribution in [0.15, 0.2) is 18.2 Å². The predicted molar refractivity (Wildman–Crippen MR) is 85.3 cm³/mol. The van der Waals surface area contributed by atoms with E-state index in [1.54, 1.807) is 24.0 Å². The summed E-state index contributed by atoms with van der Waals surface area (Å²) in [4.78, 5) is 35.4. The van der Waals surface area contributed by atoms with Gasteiger partial charge in [0.2, 0.25) is 5.91 Å². The van der Waals surface area contributed by atoms with E-state index in [1.807, 2.05) is 0 Å². The molecule has 1 aliphatic heterocycles. The summed E-state index contributed by atoms with van der Waals surface area (Å²) in [5.74, 6) is 0.0415. The van der Waals surface area contributed by atoms with Gasteiger partial charge in [-0.15, -0.1) is 0 Å². The summed E-state index contributed by atoms with van der Waals surface area (Å²) in [6.07, 6.45) is 1.39. The largest absolute Gasteiger partial charge is 0.343 e. The van der Waals surface area contributed by atoms with Crippen molar-refractivity contribution in [3.05, 3.63) is 33.9 Å². The lowest BCUT2D eigenvalue weighted by atomic mass is 10.1. The van der Waals surface area contributed by atoms with Gasteiger partial charge in [0.1, 0.15) is 0 Å². The van der Waals surface area contributed by atoms with Crippen LogP contribution in [-0.4, -0.2) is 40.9 Å². The Morgan fingerprint density at radius 1 is 1.30 bits per heavy atom. The van der Waals surface area contributed by atoms with Crippen LogP contribution in [0, 0.1) is 17.0 Å². The molecule has 2 rings (SSSR count). The molecular weight excluding hydrogens is 300 g/mol. The number of anilines is 1. The zero-order chi connectivity index (χ0) is 17.0. The van der Waals surface area contributed by atoms with Gasteiger partial charge in [-0.3, -0.25) is 14.9 Å². The summed E-state index contributed by atoms with van der Waals surface area (Å²) in [6.45, 7) is 4.42. The Morgan fingerprint density at radius 3 is 2.52 bits per heavy atom. The lowest BCUT2D eigenvalue weighted by molar-refractivity contribution is -0.385. The average Bonchev–Trinajstić information content (AvgIpc) is 2.49. The highest BCUT2D eigenvalue weighted by atomic mass is 16.6. The van der Waals surface area contributed by atoms with E-state index in [1.165, 1.54) is 13.0 Å². The molecule has 0 spiro atoms. The Labute approximate surface area is 134 Å². The maximum atomic E-state index is 12.0. The highest BCUT2D eigenvalue weighted by Crippen LogP contribution is 2.22. The molecular formula is C15H20N4O4. The van der Waals surface area contributed by atoms with Gasteiger partial charge in [-0.05, 0) is 25.8 Å². The number of carbonyl (C=O) groups excluding carboxylic acids is 2. The molecule has 1 saturated heterocycles. The topological polar surface area (TPSA) is 105 Å². The molecule has 1 aromatic carbocycles. The van der Waals surface area contributed by atoms with Gasteiger partial charge in [-0.1, -0.05) is 6.07 Å². The molecule has 1 aliphatic rings. The third kappa shape index (κ3) is 4.41. The highest BCUT2D eigenvalue weighted by molar-refractivity contribution is 5.90. The summed E-state index contributed by atoms with van der Waals surface area (Å²) in [6, 6.07) is 4.16. The number of urea groups is 1. The number of carbonyl (C=O) groups is 2. The number of likely N-dealkylation sites (tertiary alicyclic amines) is 1. The number of rotatable bonds is 3. The van der Waals surface area contributed by atoms with E-state index in [-0.39, 0.29) is 17.6 Å². The molecule has 1 fully saturated rings. The molecule has 0 saturated carbocycles. The number of nitrogens with one attached hydrogen (secondary N) is 2. The van der Waals surface area contributed by atoms with Crippen LogP contribution in [0.1, 0.15) is 25.3 Å². The minimum atomic E-state index is -0.476. The second-order valence-corrected chi connectivity index (χ2v) is 5.64. The molecule has 124 valence electrons. The molecule has 0 aliphatic carbocycles. The Bertz CT molecular complexity index is 624. The summed E-state index contributed by atoms with van der Waals surface area (Å²) in [5, 5.41) is 16.4. The van der Waals surface area contributed by atoms with Crippen LogP contribution in [0.2, 0.25) is 0 Å². The molecule has 1 aromatic rings. The molecule has 8 heteroatoms. The number of aryl methyl sites for hydroxylation is 1. The van der Waals surface area contributed by atoms with Crippen LogP contribution in [0.3, 0.4) is 0 Å². The molecule has 2 N–H and O–H groups in total. The van der Waals surface area contributed by atoms with Crippen molar-refractivity contribution in [2.75, 3.05) is 18.4 Å². The quantitative estimate of drug-likeness (QED) is 0.656. The number of nitro benzene ring substituents is 1. The first-order chi connectivity index (χ1) is 10.9. The molecule has 8 nitrogen and oxygen atoms in total. The number of amides is 3. The van der Waals surface area contributed by atoms with Gasteiger partial charge >= 0.3 is 6.03 Å². The fraction of sp³-hybridized carbons (Fsp3) is 0.467. The lowest BCUT2D eigenvalue weighted by Crippen LogP contribution is -2.47. The van der Waals surface area contributed by atoms with Gasteiger partial charge in [0.15, 0.2) is 0 Å². The summed E-state index contributed by atoms with van der Waals surface area (Å²) in [7, 11) is 0. The molecule has 1 heterocycles. The molecule has 3 amide bonds. The number of nitrogens with zero attached hydrogens (tertiary/aromatic N) is 2. The van der Waals surface area contributed by atoms with Crippen molar-refractivity contribution in [3.8, 4) is 0 Å². The number of nitro groups is 1. The number of hydrogen-bond acceptors (Lipinski definition) is 4. The lowest BCUT2D eigenvalue weighted by Gasteiger charge is -2.31. The van der Waals surface area contributed by atoms with E-state index < -0.39 is 11.0 Å². The van der Waals surface area contributed by atoms with Crippen LogP contribution < -0.4 is 10.6 Å². The van der Waals surface area contributed by atoms with Gasteiger partial charge in [0.25, 0.3) is 5.69 Å². The van der Waals surface area contributed by atoms with Crippen molar-refractivity contribution in [1.82, 2.24) is 10.2 Å². The van der Waals surface area contributed by atoms with Crippen LogP contribution in [-0.2, 0) is 4.79 Å². The maximum absolute atomic E-state index is 12.0. The molecule has 0 radical (unpaired) electrons. The molecule has 23 heavy (non-hydrogen) atoms. The van der Waals surface area contributed by atoms with Crippen LogP contribution >= 0.6 is 0 Å². The Kier molecular flexibility index (Phi) is 5.15. The summed E-state index contributed by atoms with van der Waals surface area (Å²) in [5.41, 5.74) is 0.885. The van der Waals surface area contributed by atoms with Crippen molar-refractivity contribution >= 4 is 23.3 Å². The van der Waals surface area contributed by atoms with E-state index in [9.17, 15) is 19.7 Å². The number of hydrogen-bond donors (Lipinski definition) is 2. The number of benzene rings is 1. The van der Waals surface area contributed by atoms with Crippen molar-refractivity contribution in [2.45, 2.75) is 32.7 Å². The fourth-order valence-corrected chi connectivity index (χ4v) is 2.58. The van der Waals surface area contributed by atoms with Crippen molar-refractivity contribution in [2.24, 2.45) is 0 Å². The third-order valence-corrected chi connectivity index (χ3v) is 3.94. The minimum Gasteiger partial charge on any atom is -0.343 e. The van der Waals surface area contributed by atoms with Crippen LogP contribution in [0.5, 0.6) is 0 Å². The fourth-order valence-electron chi connectivity index (χ4n) is 2.58. The highest BCUT2D eigenvalue weighted by Gasteiger charge is 2.22. The first kappa shape index (κ1) is 16.7. The van der Waals surface area contributed by atoms with E-state index in [4.69, 9.17) is 0 Å². The SMILES string of the molecule is CC(=O)N1CCC(NC(=O)Nc2ccc(C)c([N+](=O)[O-])c2)CC1. The van der Waals surface area contributed by atoms with Gasteiger partial charge in [-0.25, -0.2) is 4.79 Å². The van der Waals surface area contributed by atoms with Crippen molar-refractivity contribution in [1.29, 1.82) is 0 Å². The standard InChI is InChI=1S/C15H20N4O4/c1-10-3-4-13(9-14(10)19(22)23)17-15(21)16-12-5-7-18(8-6-12)11(2)20/h3-4,9,12H,5-8H2,1-2H3,(H2,16,17,21). The zero-order valence-electron chi connectivity index (χ0n) is 13.2. The van der Waals surface area contributed by atoms with Crippen molar-refractivity contribution < 1.29 is 14.5 Å². The van der Waals surface area contributed by atoms with Gasteiger partial charge in [0.05, 0.1) is 4.92 Å². The van der Waals surface area contributed by atoms with E-state index >= 15 is 0 Å². The van der Waals surface area contributed by atoms with Gasteiger partial charge < -0.3 is 15.5 Å². The van der Waals surface area contributed by atoms with Gasteiger partial charge in [0, 0.05) is 43.4 Å². The monoisotopic (exact) mass is 320 g/mol. The second kappa shape index (κ2) is 7.08. The van der Waals surface area contributed by atoms with Crippen LogP contribution in [0.4, 0.5) is 16.2 Å². The predicted octanol–water partition coefficient (Wildman–Crippen LogP) is 2.04. The van der Waals surface area contributed by atoms with Crippen LogP contribution in [0.25, 0.3) is 0 Å². The Hall–Kier alpha value is -2.64. The molecule has 0 atom stereocenters. The zero-order valence-corrected chi connectivity index (χ0v) is 13.2. The molecule has 0 unspecified atom stereocenters. The van der Waals surface area contributed by atoms with E-state index in [0.29, 0.717) is 37.2 Å². The Morgan fingerprint density at radius 2 is 1.96 bits per heavy atom. The number of piperidine rings is 1.